The molecule has 0 bridgehead atoms. The Hall–Kier alpha value is -2.69. The first-order valence-corrected chi connectivity index (χ1v) is 6.48. The van der Waals surface area contributed by atoms with Crippen LogP contribution < -0.4 is 5.32 Å². The number of rotatable bonds is 3. The molecule has 1 aromatic carbocycles. The quantitative estimate of drug-likeness (QED) is 0.908. The second kappa shape index (κ2) is 5.75. The van der Waals surface area contributed by atoms with Crippen LogP contribution in [0.3, 0.4) is 0 Å². The predicted molar refractivity (Wildman–Crippen MR) is 79.8 cm³/mol. The minimum atomic E-state index is -1.02. The number of amides is 1. The monoisotopic (exact) mass is 284 g/mol. The van der Waals surface area contributed by atoms with Crippen LogP contribution in [-0.4, -0.2) is 22.0 Å². The van der Waals surface area contributed by atoms with Crippen LogP contribution in [0.2, 0.25) is 0 Å². The van der Waals surface area contributed by atoms with Crippen molar-refractivity contribution >= 4 is 17.6 Å². The number of benzene rings is 1. The van der Waals surface area contributed by atoms with Crippen LogP contribution >= 0.6 is 0 Å². The first kappa shape index (κ1) is 14.7. The second-order valence-electron chi connectivity index (χ2n) is 4.82. The molecule has 0 radical (unpaired) electrons. The molecule has 0 aliphatic heterocycles. The molecule has 0 aliphatic carbocycles. The summed E-state index contributed by atoms with van der Waals surface area (Å²) in [5.74, 6) is -1.32. The van der Waals surface area contributed by atoms with Gasteiger partial charge in [-0.2, -0.15) is 0 Å². The number of carbonyl (C=O) groups is 2. The Morgan fingerprint density at radius 2 is 1.76 bits per heavy atom. The highest BCUT2D eigenvalue weighted by molar-refractivity contribution is 6.06. The summed E-state index contributed by atoms with van der Waals surface area (Å²) in [4.78, 5) is 27.6. The molecule has 2 N–H and O–H groups in total. The van der Waals surface area contributed by atoms with Crippen molar-refractivity contribution in [2.75, 3.05) is 5.32 Å². The molecule has 0 atom stereocenters. The van der Waals surface area contributed by atoms with Gasteiger partial charge in [0, 0.05) is 11.4 Å². The molecule has 0 aliphatic rings. The Kier molecular flexibility index (Phi) is 4.03. The molecule has 0 saturated heterocycles. The number of carbonyl (C=O) groups excluding carboxylic acids is 1. The minimum Gasteiger partial charge on any atom is -0.478 e. The van der Waals surface area contributed by atoms with Gasteiger partial charge in [0.2, 0.25) is 0 Å². The normalized spacial score (nSPS) is 10.2. The maximum Gasteiger partial charge on any atom is 0.336 e. The molecule has 0 unspecified atom stereocenters. The Balaban J connectivity index is 2.32. The van der Waals surface area contributed by atoms with Gasteiger partial charge in [-0.05, 0) is 50.6 Å². The highest BCUT2D eigenvalue weighted by Crippen LogP contribution is 2.20. The molecule has 2 aromatic rings. The maximum atomic E-state index is 12.3. The van der Waals surface area contributed by atoms with Crippen LogP contribution in [0, 0.1) is 20.8 Å². The van der Waals surface area contributed by atoms with Crippen molar-refractivity contribution in [1.29, 1.82) is 0 Å². The van der Waals surface area contributed by atoms with Gasteiger partial charge in [0.25, 0.3) is 5.91 Å². The van der Waals surface area contributed by atoms with Crippen molar-refractivity contribution in [2.45, 2.75) is 20.8 Å². The summed E-state index contributed by atoms with van der Waals surface area (Å²) in [5.41, 5.74) is 3.14. The fourth-order valence-corrected chi connectivity index (χ4v) is 2.12. The van der Waals surface area contributed by atoms with E-state index in [0.717, 1.165) is 5.69 Å². The zero-order valence-corrected chi connectivity index (χ0v) is 12.1. The Bertz CT molecular complexity index is 723. The van der Waals surface area contributed by atoms with E-state index in [1.807, 2.05) is 6.92 Å². The van der Waals surface area contributed by atoms with Gasteiger partial charge in [-0.3, -0.25) is 9.78 Å². The largest absolute Gasteiger partial charge is 0.478 e. The van der Waals surface area contributed by atoms with Gasteiger partial charge in [0.15, 0.2) is 0 Å². The van der Waals surface area contributed by atoms with Crippen LogP contribution in [-0.2, 0) is 0 Å². The zero-order valence-electron chi connectivity index (χ0n) is 12.1. The number of aromatic nitrogens is 1. The van der Waals surface area contributed by atoms with Crippen molar-refractivity contribution in [1.82, 2.24) is 4.98 Å². The topological polar surface area (TPSA) is 79.3 Å². The molecule has 5 heteroatoms. The molecule has 1 heterocycles. The lowest BCUT2D eigenvalue weighted by atomic mass is 10.1. The van der Waals surface area contributed by atoms with Crippen LogP contribution in [0.1, 0.15) is 37.7 Å². The number of hydrogen-bond acceptors (Lipinski definition) is 3. The van der Waals surface area contributed by atoms with Crippen molar-refractivity contribution in [3.63, 3.8) is 0 Å². The first-order valence-electron chi connectivity index (χ1n) is 6.48. The average Bonchev–Trinajstić information content (AvgIpc) is 2.40. The minimum absolute atomic E-state index is 0.173. The fourth-order valence-electron chi connectivity index (χ4n) is 2.12. The highest BCUT2D eigenvalue weighted by atomic mass is 16.4. The SMILES string of the molecule is Cc1ccc(C(=O)Nc2cccc(C(=O)O)c2C)c(C)n1. The summed E-state index contributed by atoms with van der Waals surface area (Å²) in [6, 6.07) is 8.26. The van der Waals surface area contributed by atoms with E-state index >= 15 is 0 Å². The van der Waals surface area contributed by atoms with Crippen LogP contribution in [0.4, 0.5) is 5.69 Å². The molecule has 108 valence electrons. The third-order valence-corrected chi connectivity index (χ3v) is 3.28. The van der Waals surface area contributed by atoms with E-state index in [0.29, 0.717) is 22.5 Å². The summed E-state index contributed by atoms with van der Waals surface area (Å²) in [5, 5.41) is 11.8. The molecule has 21 heavy (non-hydrogen) atoms. The van der Waals surface area contributed by atoms with Gasteiger partial charge in [-0.25, -0.2) is 4.79 Å². The number of hydrogen-bond donors (Lipinski definition) is 2. The smallest absolute Gasteiger partial charge is 0.336 e. The number of aromatic carboxylic acids is 1. The van der Waals surface area contributed by atoms with Crippen molar-refractivity contribution in [2.24, 2.45) is 0 Å². The molecule has 0 saturated carbocycles. The third-order valence-electron chi connectivity index (χ3n) is 3.28. The lowest BCUT2D eigenvalue weighted by Gasteiger charge is -2.11. The molecular weight excluding hydrogens is 268 g/mol. The number of carboxylic acids is 1. The van der Waals surface area contributed by atoms with Crippen LogP contribution in [0.5, 0.6) is 0 Å². The van der Waals surface area contributed by atoms with E-state index in [4.69, 9.17) is 5.11 Å². The van der Waals surface area contributed by atoms with E-state index in [1.54, 1.807) is 38.1 Å². The lowest BCUT2D eigenvalue weighted by Crippen LogP contribution is -2.16. The van der Waals surface area contributed by atoms with Crippen molar-refractivity contribution < 1.29 is 14.7 Å². The Morgan fingerprint density at radius 1 is 1.05 bits per heavy atom. The molecular formula is C16H16N2O3. The summed E-state index contributed by atoms with van der Waals surface area (Å²) in [7, 11) is 0. The summed E-state index contributed by atoms with van der Waals surface area (Å²) >= 11 is 0. The Labute approximate surface area is 122 Å². The van der Waals surface area contributed by atoms with Gasteiger partial charge in [-0.1, -0.05) is 6.07 Å². The molecule has 2 rings (SSSR count). The first-order chi connectivity index (χ1) is 9.90. The second-order valence-corrected chi connectivity index (χ2v) is 4.82. The Morgan fingerprint density at radius 3 is 2.38 bits per heavy atom. The van der Waals surface area contributed by atoms with Gasteiger partial charge in [0.1, 0.15) is 0 Å². The van der Waals surface area contributed by atoms with E-state index < -0.39 is 5.97 Å². The zero-order chi connectivity index (χ0) is 15.6. The number of anilines is 1. The lowest BCUT2D eigenvalue weighted by molar-refractivity contribution is 0.0695. The number of nitrogens with one attached hydrogen (secondary N) is 1. The number of pyridine rings is 1. The average molecular weight is 284 g/mol. The molecule has 1 amide bonds. The van der Waals surface area contributed by atoms with Crippen LogP contribution in [0.25, 0.3) is 0 Å². The number of nitrogens with zero attached hydrogens (tertiary/aromatic N) is 1. The van der Waals surface area contributed by atoms with Crippen molar-refractivity contribution in [3.8, 4) is 0 Å². The fraction of sp³-hybridized carbons (Fsp3) is 0.188. The highest BCUT2D eigenvalue weighted by Gasteiger charge is 2.14. The number of carboxylic acid groups (broad SMARTS) is 1. The molecule has 0 fully saturated rings. The van der Waals surface area contributed by atoms with Gasteiger partial charge in [0.05, 0.1) is 16.8 Å². The standard InChI is InChI=1S/C16H16N2O3/c1-9-7-8-13(11(3)17-9)15(19)18-14-6-4-5-12(10(14)2)16(20)21/h4-8H,1-3H3,(H,18,19)(H,20,21). The van der Waals surface area contributed by atoms with Crippen molar-refractivity contribution in [3.05, 3.63) is 58.4 Å². The van der Waals surface area contributed by atoms with E-state index in [2.05, 4.69) is 10.3 Å². The van der Waals surface area contributed by atoms with E-state index in [1.165, 1.54) is 6.07 Å². The molecule has 1 aromatic heterocycles. The van der Waals surface area contributed by atoms with Gasteiger partial charge >= 0.3 is 5.97 Å². The predicted octanol–water partition coefficient (Wildman–Crippen LogP) is 2.96. The maximum absolute atomic E-state index is 12.3. The van der Waals surface area contributed by atoms with Gasteiger partial charge in [-0.15, -0.1) is 0 Å². The molecule has 5 nitrogen and oxygen atoms in total. The number of aryl methyl sites for hydroxylation is 2. The van der Waals surface area contributed by atoms with E-state index in [9.17, 15) is 9.59 Å². The van der Waals surface area contributed by atoms with Crippen LogP contribution in [0.15, 0.2) is 30.3 Å². The molecule has 0 spiro atoms. The van der Waals surface area contributed by atoms with Gasteiger partial charge < -0.3 is 10.4 Å². The third kappa shape index (κ3) is 3.08. The summed E-state index contributed by atoms with van der Waals surface area (Å²) in [6.45, 7) is 5.29. The summed E-state index contributed by atoms with van der Waals surface area (Å²) in [6.07, 6.45) is 0. The van der Waals surface area contributed by atoms with E-state index in [-0.39, 0.29) is 11.5 Å². The summed E-state index contributed by atoms with van der Waals surface area (Å²) < 4.78 is 0.